The molecule has 2 aromatic rings. The van der Waals surface area contributed by atoms with Gasteiger partial charge in [-0.3, -0.25) is 9.69 Å². The fraction of sp³-hybridized carbons (Fsp3) is 0.471. The number of carbonyl (C=O) groups is 1. The van der Waals surface area contributed by atoms with Crippen LogP contribution in [0.1, 0.15) is 44.6 Å². The number of halogens is 1. The van der Waals surface area contributed by atoms with Crippen LogP contribution in [0.4, 0.5) is 0 Å². The molecule has 7 heteroatoms. The molecule has 0 saturated heterocycles. The van der Waals surface area contributed by atoms with Gasteiger partial charge in [-0.2, -0.15) is 4.98 Å². The second kappa shape index (κ2) is 9.39. The molecule has 0 atom stereocenters. The van der Waals surface area contributed by atoms with E-state index >= 15 is 0 Å². The Morgan fingerprint density at radius 1 is 1.29 bits per heavy atom. The summed E-state index contributed by atoms with van der Waals surface area (Å²) < 4.78 is 5.26. The molecule has 132 valence electrons. The first-order chi connectivity index (χ1) is 11.0. The quantitative estimate of drug-likeness (QED) is 0.781. The highest BCUT2D eigenvalue weighted by atomic mass is 35.5. The minimum atomic E-state index is -0.859. The summed E-state index contributed by atoms with van der Waals surface area (Å²) in [6, 6.07) is 8.07. The van der Waals surface area contributed by atoms with Crippen LogP contribution in [0.5, 0.6) is 0 Å². The van der Waals surface area contributed by atoms with Crippen LogP contribution in [0, 0.1) is 0 Å². The fourth-order valence-electron chi connectivity index (χ4n) is 2.37. The molecule has 0 radical (unpaired) electrons. The van der Waals surface area contributed by atoms with Gasteiger partial charge in [0.25, 0.3) is 0 Å². The summed E-state index contributed by atoms with van der Waals surface area (Å²) in [4.78, 5) is 17.0. The van der Waals surface area contributed by atoms with Crippen molar-refractivity contribution in [2.45, 2.75) is 39.7 Å². The third-order valence-corrected chi connectivity index (χ3v) is 3.56. The Labute approximate surface area is 148 Å². The normalized spacial score (nSPS) is 10.9. The minimum absolute atomic E-state index is 0. The van der Waals surface area contributed by atoms with Crippen LogP contribution in [0.15, 0.2) is 28.8 Å². The molecule has 6 nitrogen and oxygen atoms in total. The first-order valence-electron chi connectivity index (χ1n) is 7.86. The number of aromatic nitrogens is 2. The Hall–Kier alpha value is -1.92. The summed E-state index contributed by atoms with van der Waals surface area (Å²) in [6.45, 7) is 7.28. The lowest BCUT2D eigenvalue weighted by Gasteiger charge is -2.16. The maximum absolute atomic E-state index is 10.9. The van der Waals surface area contributed by atoms with Gasteiger partial charge in [0.15, 0.2) is 0 Å². The highest BCUT2D eigenvalue weighted by molar-refractivity contribution is 5.85. The average Bonchev–Trinajstić information content (AvgIpc) is 2.95. The highest BCUT2D eigenvalue weighted by Crippen LogP contribution is 2.20. The van der Waals surface area contributed by atoms with Gasteiger partial charge in [-0.25, -0.2) is 0 Å². The number of nitrogens with zero attached hydrogens (tertiary/aromatic N) is 3. The van der Waals surface area contributed by atoms with E-state index < -0.39 is 5.97 Å². The van der Waals surface area contributed by atoms with Gasteiger partial charge in [0.1, 0.15) is 0 Å². The summed E-state index contributed by atoms with van der Waals surface area (Å²) in [5, 5.41) is 12.9. The average molecular weight is 354 g/mol. The molecule has 24 heavy (non-hydrogen) atoms. The second-order valence-corrected chi connectivity index (χ2v) is 5.89. The van der Waals surface area contributed by atoms with Gasteiger partial charge in [0.05, 0.1) is 13.1 Å². The van der Waals surface area contributed by atoms with Gasteiger partial charge in [0.2, 0.25) is 11.7 Å². The second-order valence-electron chi connectivity index (χ2n) is 5.89. The van der Waals surface area contributed by atoms with E-state index in [1.165, 1.54) is 5.56 Å². The summed E-state index contributed by atoms with van der Waals surface area (Å²) in [5.41, 5.74) is 2.15. The molecule has 1 heterocycles. The lowest BCUT2D eigenvalue weighted by molar-refractivity contribution is -0.138. The van der Waals surface area contributed by atoms with Crippen LogP contribution in [-0.4, -0.2) is 39.2 Å². The van der Waals surface area contributed by atoms with Gasteiger partial charge in [-0.1, -0.05) is 50.2 Å². The molecule has 1 aromatic carbocycles. The van der Waals surface area contributed by atoms with Crippen LogP contribution < -0.4 is 0 Å². The van der Waals surface area contributed by atoms with E-state index in [9.17, 15) is 4.79 Å². The molecule has 0 saturated carbocycles. The maximum Gasteiger partial charge on any atom is 0.317 e. The number of hydrogen-bond acceptors (Lipinski definition) is 5. The summed E-state index contributed by atoms with van der Waals surface area (Å²) in [6.07, 6.45) is 0.866. The van der Waals surface area contributed by atoms with Crippen molar-refractivity contribution < 1.29 is 14.4 Å². The van der Waals surface area contributed by atoms with E-state index in [0.717, 1.165) is 12.0 Å². The first kappa shape index (κ1) is 20.1. The van der Waals surface area contributed by atoms with E-state index in [2.05, 4.69) is 36.1 Å². The summed E-state index contributed by atoms with van der Waals surface area (Å²) in [5.74, 6) is 0.579. The topological polar surface area (TPSA) is 79.5 Å². The Bertz CT molecular complexity index is 641. The van der Waals surface area contributed by atoms with Crippen molar-refractivity contribution in [3.05, 3.63) is 35.7 Å². The van der Waals surface area contributed by atoms with Crippen molar-refractivity contribution in [3.63, 3.8) is 0 Å². The van der Waals surface area contributed by atoms with Crippen molar-refractivity contribution in [1.29, 1.82) is 0 Å². The van der Waals surface area contributed by atoms with E-state index in [-0.39, 0.29) is 19.0 Å². The van der Waals surface area contributed by atoms with Crippen LogP contribution in [0.2, 0.25) is 0 Å². The predicted molar refractivity (Wildman–Crippen MR) is 94.3 cm³/mol. The minimum Gasteiger partial charge on any atom is -0.480 e. The standard InChI is InChI=1S/C17H23N3O3.ClH/c1-4-9-20(11-16(21)22)10-15-18-17(19-23-15)14-7-5-13(6-8-14)12(2)3;/h5-8,12H,4,9-11H2,1-3H3,(H,21,22);1H. The Morgan fingerprint density at radius 2 is 1.96 bits per heavy atom. The monoisotopic (exact) mass is 353 g/mol. The van der Waals surface area contributed by atoms with E-state index in [4.69, 9.17) is 9.63 Å². The molecule has 1 N–H and O–H groups in total. The van der Waals surface area contributed by atoms with E-state index in [1.807, 2.05) is 19.1 Å². The number of rotatable bonds is 8. The molecular formula is C17H24ClN3O3. The highest BCUT2D eigenvalue weighted by Gasteiger charge is 2.15. The molecule has 2 rings (SSSR count). The zero-order valence-electron chi connectivity index (χ0n) is 14.2. The van der Waals surface area contributed by atoms with Gasteiger partial charge in [-0.15, -0.1) is 12.4 Å². The molecule has 0 fully saturated rings. The SMILES string of the molecule is CCCN(CC(=O)O)Cc1nc(-c2ccc(C(C)C)cc2)no1.Cl. The van der Waals surface area contributed by atoms with Gasteiger partial charge < -0.3 is 9.63 Å². The number of hydrogen-bond donors (Lipinski definition) is 1. The Kier molecular flexibility index (Phi) is 7.88. The van der Waals surface area contributed by atoms with Crippen LogP contribution in [0.25, 0.3) is 11.4 Å². The molecule has 0 aliphatic carbocycles. The Balaban J connectivity index is 0.00000288. The molecule has 1 aromatic heterocycles. The lowest BCUT2D eigenvalue weighted by atomic mass is 10.0. The summed E-state index contributed by atoms with van der Waals surface area (Å²) >= 11 is 0. The molecule has 0 aliphatic rings. The van der Waals surface area contributed by atoms with Crippen molar-refractivity contribution >= 4 is 18.4 Å². The van der Waals surface area contributed by atoms with E-state index in [0.29, 0.717) is 30.7 Å². The van der Waals surface area contributed by atoms with Crippen LogP contribution >= 0.6 is 12.4 Å². The Morgan fingerprint density at radius 3 is 2.50 bits per heavy atom. The molecule has 0 spiro atoms. The number of carboxylic acids is 1. The zero-order valence-corrected chi connectivity index (χ0v) is 15.0. The third kappa shape index (κ3) is 5.62. The van der Waals surface area contributed by atoms with Crippen molar-refractivity contribution in [2.75, 3.05) is 13.1 Å². The zero-order chi connectivity index (χ0) is 16.8. The fourth-order valence-corrected chi connectivity index (χ4v) is 2.37. The maximum atomic E-state index is 10.9. The van der Waals surface area contributed by atoms with Gasteiger partial charge >= 0.3 is 5.97 Å². The largest absolute Gasteiger partial charge is 0.480 e. The first-order valence-corrected chi connectivity index (χ1v) is 7.86. The van der Waals surface area contributed by atoms with E-state index in [1.54, 1.807) is 4.90 Å². The predicted octanol–water partition coefficient (Wildman–Crippen LogP) is 3.58. The number of benzene rings is 1. The van der Waals surface area contributed by atoms with Crippen molar-refractivity contribution in [2.24, 2.45) is 0 Å². The van der Waals surface area contributed by atoms with Crippen LogP contribution in [-0.2, 0) is 11.3 Å². The molecule has 0 amide bonds. The van der Waals surface area contributed by atoms with Gasteiger partial charge in [0, 0.05) is 5.56 Å². The molecular weight excluding hydrogens is 330 g/mol. The van der Waals surface area contributed by atoms with Crippen LogP contribution in [0.3, 0.4) is 0 Å². The van der Waals surface area contributed by atoms with Gasteiger partial charge in [-0.05, 0) is 24.4 Å². The molecule has 0 unspecified atom stereocenters. The molecule has 0 bridgehead atoms. The lowest BCUT2D eigenvalue weighted by Crippen LogP contribution is -2.30. The molecule has 0 aliphatic heterocycles. The number of aliphatic carboxylic acids is 1. The number of carboxylic acid groups (broad SMARTS) is 1. The summed E-state index contributed by atoms with van der Waals surface area (Å²) in [7, 11) is 0. The smallest absolute Gasteiger partial charge is 0.317 e. The van der Waals surface area contributed by atoms with Crippen molar-refractivity contribution in [1.82, 2.24) is 15.0 Å². The third-order valence-electron chi connectivity index (χ3n) is 3.56. The van der Waals surface area contributed by atoms with Crippen molar-refractivity contribution in [3.8, 4) is 11.4 Å².